The molecule has 1 aliphatic rings. The summed E-state index contributed by atoms with van der Waals surface area (Å²) in [7, 11) is 2.29. The first kappa shape index (κ1) is 14.0. The lowest BCUT2D eigenvalue weighted by Crippen LogP contribution is -2.49. The highest BCUT2D eigenvalue weighted by Gasteiger charge is 2.27. The number of hydrogen-bond acceptors (Lipinski definition) is 2. The summed E-state index contributed by atoms with van der Waals surface area (Å²) in [6, 6.07) is 0.667. The Morgan fingerprint density at radius 1 is 1.25 bits per heavy atom. The van der Waals surface area contributed by atoms with Crippen LogP contribution in [0.1, 0.15) is 47.5 Å². The van der Waals surface area contributed by atoms with Crippen molar-refractivity contribution in [3.63, 3.8) is 0 Å². The molecule has 0 aromatic rings. The average Bonchev–Trinajstić information content (AvgIpc) is 2.85. The van der Waals surface area contributed by atoms with Crippen molar-refractivity contribution in [2.45, 2.75) is 59.0 Å². The van der Waals surface area contributed by atoms with E-state index in [1.54, 1.807) is 0 Å². The molecule has 1 fully saturated rings. The fraction of sp³-hybridized carbons (Fsp3) is 1.00. The predicted octanol–water partition coefficient (Wildman–Crippen LogP) is 2.74. The van der Waals surface area contributed by atoms with Gasteiger partial charge < -0.3 is 10.2 Å². The molecule has 0 amide bonds. The Morgan fingerprint density at radius 2 is 1.81 bits per heavy atom. The minimum Gasteiger partial charge on any atom is -0.311 e. The molecule has 1 atom stereocenters. The van der Waals surface area contributed by atoms with E-state index in [9.17, 15) is 0 Å². The van der Waals surface area contributed by atoms with Crippen LogP contribution in [0.15, 0.2) is 0 Å². The average molecular weight is 226 g/mol. The molecule has 0 saturated heterocycles. The third-order valence-electron chi connectivity index (χ3n) is 3.42. The molecule has 0 spiro atoms. The first-order chi connectivity index (χ1) is 7.29. The van der Waals surface area contributed by atoms with Crippen LogP contribution in [0.2, 0.25) is 0 Å². The van der Waals surface area contributed by atoms with Crippen molar-refractivity contribution in [3.8, 4) is 0 Å². The van der Waals surface area contributed by atoms with Crippen LogP contribution in [0.3, 0.4) is 0 Å². The smallest absolute Gasteiger partial charge is 0.0240 e. The van der Waals surface area contributed by atoms with Crippen LogP contribution in [-0.4, -0.2) is 36.6 Å². The zero-order chi connectivity index (χ0) is 12.3. The van der Waals surface area contributed by atoms with Gasteiger partial charge in [-0.1, -0.05) is 13.8 Å². The highest BCUT2D eigenvalue weighted by atomic mass is 15.2. The van der Waals surface area contributed by atoms with Crippen LogP contribution in [0.4, 0.5) is 0 Å². The number of nitrogens with zero attached hydrogens (tertiary/aromatic N) is 1. The van der Waals surface area contributed by atoms with Crippen LogP contribution >= 0.6 is 0 Å². The summed E-state index contributed by atoms with van der Waals surface area (Å²) in [5.74, 6) is 1.71. The first-order valence-electron chi connectivity index (χ1n) is 6.75. The first-order valence-corrected chi connectivity index (χ1v) is 6.75. The summed E-state index contributed by atoms with van der Waals surface area (Å²) >= 11 is 0. The number of rotatable bonds is 6. The minimum absolute atomic E-state index is 0.230. The normalized spacial score (nSPS) is 19.5. The highest BCUT2D eigenvalue weighted by Crippen LogP contribution is 2.30. The number of likely N-dealkylation sites (N-methyl/N-ethyl adjacent to an activating group) is 1. The lowest BCUT2D eigenvalue weighted by molar-refractivity contribution is 0.170. The molecule has 1 saturated carbocycles. The standard InChI is InChI=1S/C14H30N2/c1-11(2)13(9-15-14(3,4)5)16(6)10-12-7-8-12/h11-13,15H,7-10H2,1-6H3. The van der Waals surface area contributed by atoms with E-state index in [1.807, 2.05) is 0 Å². The van der Waals surface area contributed by atoms with Crippen LogP contribution in [0, 0.1) is 11.8 Å². The van der Waals surface area contributed by atoms with E-state index < -0.39 is 0 Å². The van der Waals surface area contributed by atoms with Gasteiger partial charge >= 0.3 is 0 Å². The monoisotopic (exact) mass is 226 g/mol. The molecular weight excluding hydrogens is 196 g/mol. The fourth-order valence-electron chi connectivity index (χ4n) is 2.15. The largest absolute Gasteiger partial charge is 0.311 e. The summed E-state index contributed by atoms with van der Waals surface area (Å²) in [6.45, 7) is 13.8. The van der Waals surface area contributed by atoms with Gasteiger partial charge in [-0.3, -0.25) is 0 Å². The van der Waals surface area contributed by atoms with Gasteiger partial charge in [0.1, 0.15) is 0 Å². The van der Waals surface area contributed by atoms with E-state index in [4.69, 9.17) is 0 Å². The van der Waals surface area contributed by atoms with Gasteiger partial charge in [0.2, 0.25) is 0 Å². The van der Waals surface area contributed by atoms with Crippen molar-refractivity contribution in [1.29, 1.82) is 0 Å². The summed E-state index contributed by atoms with van der Waals surface area (Å²) in [5, 5.41) is 3.64. The summed E-state index contributed by atoms with van der Waals surface area (Å²) in [4.78, 5) is 2.56. The van der Waals surface area contributed by atoms with Gasteiger partial charge in [-0.2, -0.15) is 0 Å². The Kier molecular flexibility index (Phi) is 4.81. The molecule has 0 aromatic carbocycles. The second-order valence-corrected chi connectivity index (χ2v) is 6.83. The summed E-state index contributed by atoms with van der Waals surface area (Å²) in [5.41, 5.74) is 0.230. The van der Waals surface area contributed by atoms with E-state index in [0.717, 1.165) is 18.4 Å². The lowest BCUT2D eigenvalue weighted by Gasteiger charge is -2.34. The van der Waals surface area contributed by atoms with E-state index in [1.165, 1.54) is 19.4 Å². The van der Waals surface area contributed by atoms with Gasteiger partial charge in [0.25, 0.3) is 0 Å². The molecule has 2 nitrogen and oxygen atoms in total. The minimum atomic E-state index is 0.230. The van der Waals surface area contributed by atoms with Crippen molar-refractivity contribution < 1.29 is 0 Å². The topological polar surface area (TPSA) is 15.3 Å². The Balaban J connectivity index is 2.39. The van der Waals surface area contributed by atoms with Crippen LogP contribution in [0.5, 0.6) is 0 Å². The Hall–Kier alpha value is -0.0800. The molecule has 0 aliphatic heterocycles. The van der Waals surface area contributed by atoms with Crippen molar-refractivity contribution in [3.05, 3.63) is 0 Å². The number of hydrogen-bond donors (Lipinski definition) is 1. The molecule has 1 unspecified atom stereocenters. The van der Waals surface area contributed by atoms with Gasteiger partial charge in [0.15, 0.2) is 0 Å². The molecule has 2 heteroatoms. The van der Waals surface area contributed by atoms with E-state index in [-0.39, 0.29) is 5.54 Å². The van der Waals surface area contributed by atoms with Crippen molar-refractivity contribution in [1.82, 2.24) is 10.2 Å². The Morgan fingerprint density at radius 3 is 2.19 bits per heavy atom. The lowest BCUT2D eigenvalue weighted by atomic mass is 10.0. The molecular formula is C14H30N2. The van der Waals surface area contributed by atoms with Gasteiger partial charge in [-0.25, -0.2) is 0 Å². The molecule has 0 heterocycles. The maximum Gasteiger partial charge on any atom is 0.0240 e. The fourth-order valence-corrected chi connectivity index (χ4v) is 2.15. The van der Waals surface area contributed by atoms with Gasteiger partial charge in [-0.15, -0.1) is 0 Å². The maximum atomic E-state index is 3.64. The van der Waals surface area contributed by atoms with Crippen molar-refractivity contribution in [2.24, 2.45) is 11.8 Å². The molecule has 1 aliphatic carbocycles. The van der Waals surface area contributed by atoms with Crippen molar-refractivity contribution >= 4 is 0 Å². The van der Waals surface area contributed by atoms with E-state index in [2.05, 4.69) is 51.9 Å². The van der Waals surface area contributed by atoms with Crippen LogP contribution in [-0.2, 0) is 0 Å². The second-order valence-electron chi connectivity index (χ2n) is 6.83. The van der Waals surface area contributed by atoms with Gasteiger partial charge in [0, 0.05) is 24.7 Å². The van der Waals surface area contributed by atoms with Crippen LogP contribution < -0.4 is 5.32 Å². The Bertz CT molecular complexity index is 201. The predicted molar refractivity (Wildman–Crippen MR) is 71.7 cm³/mol. The maximum absolute atomic E-state index is 3.64. The van der Waals surface area contributed by atoms with Gasteiger partial charge in [0.05, 0.1) is 0 Å². The second kappa shape index (κ2) is 5.50. The molecule has 16 heavy (non-hydrogen) atoms. The zero-order valence-electron chi connectivity index (χ0n) is 12.0. The summed E-state index contributed by atoms with van der Waals surface area (Å²) < 4.78 is 0. The van der Waals surface area contributed by atoms with Crippen molar-refractivity contribution in [2.75, 3.05) is 20.1 Å². The molecule has 1 N–H and O–H groups in total. The quantitative estimate of drug-likeness (QED) is 0.749. The molecule has 96 valence electrons. The molecule has 0 aromatic heterocycles. The van der Waals surface area contributed by atoms with Crippen LogP contribution in [0.25, 0.3) is 0 Å². The van der Waals surface area contributed by atoms with E-state index in [0.29, 0.717) is 6.04 Å². The third kappa shape index (κ3) is 5.31. The molecule has 0 bridgehead atoms. The SMILES string of the molecule is CC(C)C(CNC(C)(C)C)N(C)CC1CC1. The molecule has 1 rings (SSSR count). The number of nitrogens with one attached hydrogen (secondary N) is 1. The zero-order valence-corrected chi connectivity index (χ0v) is 12.0. The van der Waals surface area contributed by atoms with E-state index >= 15 is 0 Å². The third-order valence-corrected chi connectivity index (χ3v) is 3.42. The highest BCUT2D eigenvalue weighted by molar-refractivity contribution is 4.83. The Labute approximate surface area is 102 Å². The van der Waals surface area contributed by atoms with Gasteiger partial charge in [-0.05, 0) is 52.5 Å². The molecule has 0 radical (unpaired) electrons. The summed E-state index contributed by atoms with van der Waals surface area (Å²) in [6.07, 6.45) is 2.89.